The average molecular weight is 332 g/mol. The Bertz CT molecular complexity index is 421. The second-order valence-electron chi connectivity index (χ2n) is 5.09. The highest BCUT2D eigenvalue weighted by Crippen LogP contribution is 2.37. The fourth-order valence-corrected chi connectivity index (χ4v) is 2.31. The lowest BCUT2D eigenvalue weighted by Crippen LogP contribution is -2.53. The number of amides is 2. The van der Waals surface area contributed by atoms with Gasteiger partial charge in [-0.05, 0) is 0 Å². The van der Waals surface area contributed by atoms with E-state index in [4.69, 9.17) is 0 Å². The van der Waals surface area contributed by atoms with Gasteiger partial charge in [0.2, 0.25) is 11.8 Å². The number of hydrogen-bond acceptors (Lipinski definition) is 4. The summed E-state index contributed by atoms with van der Waals surface area (Å²) < 4.78 is 37.9. The van der Waals surface area contributed by atoms with E-state index in [1.165, 1.54) is 4.90 Å². The number of piperazine rings is 1. The zero-order chi connectivity index (χ0) is 15.0. The third-order valence-corrected chi connectivity index (χ3v) is 3.64. The lowest BCUT2D eigenvalue weighted by Gasteiger charge is -2.29. The molecule has 2 saturated heterocycles. The minimum Gasteiger partial charge on any atom is -0.379 e. The van der Waals surface area contributed by atoms with Gasteiger partial charge in [0.15, 0.2) is 5.60 Å². The molecule has 2 aliphatic rings. The van der Waals surface area contributed by atoms with Gasteiger partial charge in [-0.2, -0.15) is 13.2 Å². The van der Waals surface area contributed by atoms with Gasteiger partial charge in [0.05, 0.1) is 19.6 Å². The monoisotopic (exact) mass is 331 g/mol. The van der Waals surface area contributed by atoms with Crippen molar-refractivity contribution in [2.24, 2.45) is 0 Å². The summed E-state index contributed by atoms with van der Waals surface area (Å²) in [4.78, 5) is 25.7. The molecule has 2 heterocycles. The van der Waals surface area contributed by atoms with Crippen LogP contribution in [-0.2, 0) is 9.59 Å². The van der Waals surface area contributed by atoms with Crippen LogP contribution in [0.5, 0.6) is 0 Å². The van der Waals surface area contributed by atoms with E-state index >= 15 is 0 Å². The number of aliphatic hydroxyl groups is 1. The zero-order valence-electron chi connectivity index (χ0n) is 11.2. The SMILES string of the molecule is Cl.O=C1CNCCN1CC(=O)N1CCC(O)(C(F)(F)F)C1. The quantitative estimate of drug-likeness (QED) is 0.706. The predicted octanol–water partition coefficient (Wildman–Crippen LogP) is -0.634. The van der Waals surface area contributed by atoms with Crippen LogP contribution in [0.2, 0.25) is 0 Å². The maximum absolute atomic E-state index is 12.6. The highest BCUT2D eigenvalue weighted by atomic mass is 35.5. The molecule has 0 spiro atoms. The number of likely N-dealkylation sites (tertiary alicyclic amines) is 1. The summed E-state index contributed by atoms with van der Waals surface area (Å²) in [6, 6.07) is 0. The second kappa shape index (κ2) is 6.37. The van der Waals surface area contributed by atoms with Crippen LogP contribution in [0.15, 0.2) is 0 Å². The Morgan fingerprint density at radius 3 is 2.57 bits per heavy atom. The minimum absolute atomic E-state index is 0. The normalized spacial score (nSPS) is 26.8. The highest BCUT2D eigenvalue weighted by Gasteiger charge is 2.57. The summed E-state index contributed by atoms with van der Waals surface area (Å²) in [5.74, 6) is -0.824. The zero-order valence-corrected chi connectivity index (χ0v) is 12.0. The summed E-state index contributed by atoms with van der Waals surface area (Å²) in [5.41, 5.74) is -2.84. The van der Waals surface area contributed by atoms with Gasteiger partial charge in [0.25, 0.3) is 0 Å². The number of hydrogen-bond donors (Lipinski definition) is 2. The molecule has 0 aromatic rings. The van der Waals surface area contributed by atoms with E-state index in [9.17, 15) is 27.9 Å². The molecule has 1 atom stereocenters. The van der Waals surface area contributed by atoms with Crippen LogP contribution in [0, 0.1) is 0 Å². The Hall–Kier alpha value is -1.06. The van der Waals surface area contributed by atoms with E-state index in [-0.39, 0.29) is 37.9 Å². The third-order valence-electron chi connectivity index (χ3n) is 3.64. The number of nitrogens with zero attached hydrogens (tertiary/aromatic N) is 2. The number of β-amino-alcohol motifs (C(OH)–C–C–N with tert-alkyl or cyclic N) is 1. The molecule has 2 rings (SSSR count). The Morgan fingerprint density at radius 1 is 1.38 bits per heavy atom. The van der Waals surface area contributed by atoms with Gasteiger partial charge >= 0.3 is 6.18 Å². The van der Waals surface area contributed by atoms with Gasteiger partial charge in [-0.25, -0.2) is 0 Å². The molecule has 2 amide bonds. The molecule has 2 fully saturated rings. The maximum atomic E-state index is 12.6. The van der Waals surface area contributed by atoms with Crippen molar-refractivity contribution in [3.05, 3.63) is 0 Å². The van der Waals surface area contributed by atoms with Crippen LogP contribution in [0.1, 0.15) is 6.42 Å². The topological polar surface area (TPSA) is 72.9 Å². The van der Waals surface area contributed by atoms with E-state index in [1.54, 1.807) is 0 Å². The lowest BCUT2D eigenvalue weighted by atomic mass is 10.0. The number of alkyl halides is 3. The molecule has 122 valence electrons. The standard InChI is InChI=1S/C11H16F3N3O3.ClH/c12-11(13,14)10(20)1-3-17(7-10)9(19)6-16-4-2-15-5-8(16)18;/h15,20H,1-7H2;1H. The largest absolute Gasteiger partial charge is 0.419 e. The van der Waals surface area contributed by atoms with Crippen molar-refractivity contribution < 1.29 is 27.9 Å². The van der Waals surface area contributed by atoms with Crippen molar-refractivity contribution in [3.8, 4) is 0 Å². The van der Waals surface area contributed by atoms with E-state index in [2.05, 4.69) is 5.32 Å². The molecule has 10 heteroatoms. The first-order valence-corrected chi connectivity index (χ1v) is 6.28. The molecule has 2 N–H and O–H groups in total. The minimum atomic E-state index is -4.76. The Morgan fingerprint density at radius 2 is 2.05 bits per heavy atom. The second-order valence-corrected chi connectivity index (χ2v) is 5.09. The molecule has 0 saturated carbocycles. The molecular weight excluding hydrogens is 315 g/mol. The molecule has 0 aromatic heterocycles. The number of carbonyl (C=O) groups is 2. The van der Waals surface area contributed by atoms with Gasteiger partial charge in [0.1, 0.15) is 0 Å². The highest BCUT2D eigenvalue weighted by molar-refractivity contribution is 5.86. The molecule has 0 radical (unpaired) electrons. The fourth-order valence-electron chi connectivity index (χ4n) is 2.31. The molecule has 1 unspecified atom stereocenters. The first-order valence-electron chi connectivity index (χ1n) is 6.28. The lowest BCUT2D eigenvalue weighted by molar-refractivity contribution is -0.253. The van der Waals surface area contributed by atoms with Crippen molar-refractivity contribution in [2.75, 3.05) is 39.3 Å². The number of nitrogens with one attached hydrogen (secondary N) is 1. The van der Waals surface area contributed by atoms with Gasteiger partial charge in [0, 0.05) is 26.1 Å². The van der Waals surface area contributed by atoms with E-state index in [0.717, 1.165) is 4.90 Å². The third kappa shape index (κ3) is 3.78. The van der Waals surface area contributed by atoms with Crippen LogP contribution in [0.4, 0.5) is 13.2 Å². The Kier molecular flexibility index (Phi) is 5.46. The summed E-state index contributed by atoms with van der Waals surface area (Å²) in [5, 5.41) is 12.3. The summed E-state index contributed by atoms with van der Waals surface area (Å²) in [7, 11) is 0. The molecule has 0 aromatic carbocycles. The molecule has 0 aliphatic carbocycles. The smallest absolute Gasteiger partial charge is 0.379 e. The first kappa shape index (κ1) is 18.0. The first-order chi connectivity index (χ1) is 9.23. The van der Waals surface area contributed by atoms with E-state index in [0.29, 0.717) is 13.1 Å². The van der Waals surface area contributed by atoms with Gasteiger partial charge < -0.3 is 20.2 Å². The number of rotatable bonds is 2. The molecular formula is C11H17ClF3N3O3. The van der Waals surface area contributed by atoms with Gasteiger partial charge in [-0.15, -0.1) is 12.4 Å². The molecule has 21 heavy (non-hydrogen) atoms. The summed E-state index contributed by atoms with van der Waals surface area (Å²) >= 11 is 0. The average Bonchev–Trinajstić information content (AvgIpc) is 2.76. The molecule has 0 bridgehead atoms. The number of carbonyl (C=O) groups excluding carboxylic acids is 2. The maximum Gasteiger partial charge on any atom is 0.419 e. The Balaban J connectivity index is 0.00000220. The van der Waals surface area contributed by atoms with Crippen molar-refractivity contribution >= 4 is 24.2 Å². The predicted molar refractivity (Wildman–Crippen MR) is 68.9 cm³/mol. The van der Waals surface area contributed by atoms with E-state index < -0.39 is 30.7 Å². The van der Waals surface area contributed by atoms with Gasteiger partial charge in [-0.3, -0.25) is 9.59 Å². The fraction of sp³-hybridized carbons (Fsp3) is 0.818. The number of halogens is 4. The van der Waals surface area contributed by atoms with Crippen molar-refractivity contribution in [3.63, 3.8) is 0 Å². The van der Waals surface area contributed by atoms with E-state index in [1.807, 2.05) is 0 Å². The van der Waals surface area contributed by atoms with Crippen LogP contribution in [-0.4, -0.2) is 77.8 Å². The van der Waals surface area contributed by atoms with Crippen molar-refractivity contribution in [1.29, 1.82) is 0 Å². The van der Waals surface area contributed by atoms with Crippen LogP contribution < -0.4 is 5.32 Å². The Labute approximate surface area is 125 Å². The summed E-state index contributed by atoms with van der Waals surface area (Å²) in [6.07, 6.45) is -5.29. The van der Waals surface area contributed by atoms with Crippen LogP contribution >= 0.6 is 12.4 Å². The molecule has 6 nitrogen and oxygen atoms in total. The van der Waals surface area contributed by atoms with Crippen LogP contribution in [0.3, 0.4) is 0 Å². The van der Waals surface area contributed by atoms with Crippen molar-refractivity contribution in [1.82, 2.24) is 15.1 Å². The van der Waals surface area contributed by atoms with Crippen molar-refractivity contribution in [2.45, 2.75) is 18.2 Å². The van der Waals surface area contributed by atoms with Crippen LogP contribution in [0.25, 0.3) is 0 Å². The molecule has 2 aliphatic heterocycles. The van der Waals surface area contributed by atoms with Gasteiger partial charge in [-0.1, -0.05) is 0 Å². The summed E-state index contributed by atoms with van der Waals surface area (Å²) in [6.45, 7) is -0.146.